The molecule has 2 aliphatic rings. The molecular formula is C11H22N2O. The zero-order valence-electron chi connectivity index (χ0n) is 9.15. The number of piperazine rings is 1. The minimum Gasteiger partial charge on any atom is -0.391 e. The van der Waals surface area contributed by atoms with E-state index in [4.69, 9.17) is 0 Å². The molecule has 0 bridgehead atoms. The van der Waals surface area contributed by atoms with Gasteiger partial charge in [-0.1, -0.05) is 6.92 Å². The summed E-state index contributed by atoms with van der Waals surface area (Å²) in [6.45, 7) is 8.05. The Kier molecular flexibility index (Phi) is 3.42. The summed E-state index contributed by atoms with van der Waals surface area (Å²) in [6, 6.07) is 0.467. The molecule has 2 fully saturated rings. The second kappa shape index (κ2) is 4.60. The Bertz CT molecular complexity index is 178. The van der Waals surface area contributed by atoms with Gasteiger partial charge in [0.15, 0.2) is 0 Å². The molecule has 0 aromatic heterocycles. The number of hydrogen-bond donors (Lipinski definition) is 1. The number of hydrogen-bond acceptors (Lipinski definition) is 3. The van der Waals surface area contributed by atoms with Crippen molar-refractivity contribution in [1.29, 1.82) is 0 Å². The summed E-state index contributed by atoms with van der Waals surface area (Å²) < 4.78 is 0. The van der Waals surface area contributed by atoms with Crippen LogP contribution in [-0.4, -0.2) is 59.8 Å². The average Bonchev–Trinajstić information content (AvgIpc) is 2.65. The third-order valence-electron chi connectivity index (χ3n) is 3.77. The van der Waals surface area contributed by atoms with Crippen molar-refractivity contribution in [3.63, 3.8) is 0 Å². The lowest BCUT2D eigenvalue weighted by molar-refractivity contribution is 0.0368. The first-order valence-electron chi connectivity index (χ1n) is 5.95. The molecule has 0 unspecified atom stereocenters. The summed E-state index contributed by atoms with van der Waals surface area (Å²) in [5.74, 6) is 0. The monoisotopic (exact) mass is 198 g/mol. The molecule has 2 atom stereocenters. The second-order valence-electron chi connectivity index (χ2n) is 4.54. The molecule has 1 aliphatic carbocycles. The van der Waals surface area contributed by atoms with Crippen LogP contribution in [0.2, 0.25) is 0 Å². The summed E-state index contributed by atoms with van der Waals surface area (Å²) in [5.41, 5.74) is 0. The molecule has 2 rings (SSSR count). The highest BCUT2D eigenvalue weighted by Gasteiger charge is 2.31. The van der Waals surface area contributed by atoms with Crippen LogP contribution >= 0.6 is 0 Å². The topological polar surface area (TPSA) is 26.7 Å². The third-order valence-corrected chi connectivity index (χ3v) is 3.77. The molecule has 82 valence electrons. The first-order valence-corrected chi connectivity index (χ1v) is 5.95. The molecule has 1 saturated carbocycles. The highest BCUT2D eigenvalue weighted by atomic mass is 16.3. The first kappa shape index (κ1) is 10.4. The van der Waals surface area contributed by atoms with Crippen molar-refractivity contribution in [3.05, 3.63) is 0 Å². The molecule has 0 aromatic rings. The maximum Gasteiger partial charge on any atom is 0.0695 e. The van der Waals surface area contributed by atoms with E-state index < -0.39 is 0 Å². The van der Waals surface area contributed by atoms with Gasteiger partial charge in [0.25, 0.3) is 0 Å². The van der Waals surface area contributed by atoms with Gasteiger partial charge >= 0.3 is 0 Å². The van der Waals surface area contributed by atoms with Gasteiger partial charge in [-0.2, -0.15) is 0 Å². The number of aliphatic hydroxyl groups excluding tert-OH is 1. The number of nitrogens with zero attached hydrogens (tertiary/aromatic N) is 2. The van der Waals surface area contributed by atoms with Crippen molar-refractivity contribution in [2.75, 3.05) is 32.7 Å². The van der Waals surface area contributed by atoms with Gasteiger partial charge in [-0.25, -0.2) is 0 Å². The summed E-state index contributed by atoms with van der Waals surface area (Å²) in [5, 5.41) is 9.81. The Morgan fingerprint density at radius 1 is 1.14 bits per heavy atom. The van der Waals surface area contributed by atoms with Crippen molar-refractivity contribution in [2.24, 2.45) is 0 Å². The van der Waals surface area contributed by atoms with Crippen LogP contribution in [-0.2, 0) is 0 Å². The predicted molar refractivity (Wildman–Crippen MR) is 57.3 cm³/mol. The fourth-order valence-electron chi connectivity index (χ4n) is 2.76. The Balaban J connectivity index is 1.82. The van der Waals surface area contributed by atoms with Crippen LogP contribution in [0.15, 0.2) is 0 Å². The van der Waals surface area contributed by atoms with E-state index in [1.165, 1.54) is 32.5 Å². The molecule has 3 heteroatoms. The Labute approximate surface area is 86.7 Å². The predicted octanol–water partition coefficient (Wildman–Crippen LogP) is 0.537. The van der Waals surface area contributed by atoms with E-state index in [2.05, 4.69) is 16.7 Å². The number of aliphatic hydroxyl groups is 1. The maximum absolute atomic E-state index is 9.81. The van der Waals surface area contributed by atoms with Crippen LogP contribution in [0.3, 0.4) is 0 Å². The van der Waals surface area contributed by atoms with Crippen LogP contribution < -0.4 is 0 Å². The molecule has 3 nitrogen and oxygen atoms in total. The van der Waals surface area contributed by atoms with Crippen molar-refractivity contribution in [1.82, 2.24) is 9.80 Å². The molecule has 1 heterocycles. The smallest absolute Gasteiger partial charge is 0.0695 e. The van der Waals surface area contributed by atoms with Gasteiger partial charge in [-0.05, 0) is 25.8 Å². The third kappa shape index (κ3) is 2.10. The van der Waals surface area contributed by atoms with Crippen LogP contribution in [0, 0.1) is 0 Å². The highest BCUT2D eigenvalue weighted by Crippen LogP contribution is 2.24. The zero-order valence-corrected chi connectivity index (χ0v) is 9.15. The molecule has 1 saturated heterocycles. The number of rotatable bonds is 2. The first-order chi connectivity index (χ1) is 6.81. The van der Waals surface area contributed by atoms with Gasteiger partial charge in [0.1, 0.15) is 0 Å². The summed E-state index contributed by atoms with van der Waals surface area (Å²) in [4.78, 5) is 4.97. The lowest BCUT2D eigenvalue weighted by atomic mass is 10.1. The van der Waals surface area contributed by atoms with Gasteiger partial charge in [-0.3, -0.25) is 4.90 Å². The highest BCUT2D eigenvalue weighted by molar-refractivity contribution is 4.87. The standard InChI is InChI=1S/C11H22N2O/c1-2-12-6-8-13(9-7-12)10-4-3-5-11(10)14/h10-11,14H,2-9H2,1H3/t10-,11-/m1/s1. The summed E-state index contributed by atoms with van der Waals surface area (Å²) in [6.07, 6.45) is 3.37. The van der Waals surface area contributed by atoms with Crippen molar-refractivity contribution >= 4 is 0 Å². The van der Waals surface area contributed by atoms with Crippen LogP contribution in [0.4, 0.5) is 0 Å². The molecule has 1 aliphatic heterocycles. The zero-order chi connectivity index (χ0) is 9.97. The fraction of sp³-hybridized carbons (Fsp3) is 1.00. The molecule has 14 heavy (non-hydrogen) atoms. The van der Waals surface area contributed by atoms with Gasteiger partial charge in [0, 0.05) is 32.2 Å². The molecule has 1 N–H and O–H groups in total. The van der Waals surface area contributed by atoms with Gasteiger partial charge in [0.05, 0.1) is 6.10 Å². The Hall–Kier alpha value is -0.120. The van der Waals surface area contributed by atoms with Crippen LogP contribution in [0.5, 0.6) is 0 Å². The second-order valence-corrected chi connectivity index (χ2v) is 4.54. The SMILES string of the molecule is CCN1CCN([C@@H]2CCC[C@H]2O)CC1. The minimum atomic E-state index is -0.0526. The van der Waals surface area contributed by atoms with Gasteiger partial charge in [0.2, 0.25) is 0 Å². The van der Waals surface area contributed by atoms with Gasteiger partial charge in [-0.15, -0.1) is 0 Å². The Morgan fingerprint density at radius 3 is 2.36 bits per heavy atom. The van der Waals surface area contributed by atoms with Crippen molar-refractivity contribution in [3.8, 4) is 0 Å². The van der Waals surface area contributed by atoms with E-state index in [0.717, 1.165) is 19.5 Å². The van der Waals surface area contributed by atoms with Gasteiger partial charge < -0.3 is 10.0 Å². The van der Waals surface area contributed by atoms with E-state index in [0.29, 0.717) is 6.04 Å². The fourth-order valence-corrected chi connectivity index (χ4v) is 2.76. The lowest BCUT2D eigenvalue weighted by Gasteiger charge is -2.38. The molecule has 0 amide bonds. The molecule has 0 spiro atoms. The van der Waals surface area contributed by atoms with E-state index in [9.17, 15) is 5.11 Å². The van der Waals surface area contributed by atoms with Crippen molar-refractivity contribution < 1.29 is 5.11 Å². The lowest BCUT2D eigenvalue weighted by Crippen LogP contribution is -2.52. The Morgan fingerprint density at radius 2 is 1.86 bits per heavy atom. The van der Waals surface area contributed by atoms with Crippen LogP contribution in [0.25, 0.3) is 0 Å². The van der Waals surface area contributed by atoms with Crippen LogP contribution in [0.1, 0.15) is 26.2 Å². The summed E-state index contributed by atoms with van der Waals surface area (Å²) in [7, 11) is 0. The van der Waals surface area contributed by atoms with E-state index >= 15 is 0 Å². The normalized spacial score (nSPS) is 36.4. The molecule has 0 aromatic carbocycles. The minimum absolute atomic E-state index is 0.0526. The molecule has 0 radical (unpaired) electrons. The van der Waals surface area contributed by atoms with E-state index in [-0.39, 0.29) is 6.10 Å². The quantitative estimate of drug-likeness (QED) is 0.701. The summed E-state index contributed by atoms with van der Waals surface area (Å²) >= 11 is 0. The average molecular weight is 198 g/mol. The molecular weight excluding hydrogens is 176 g/mol. The number of likely N-dealkylation sites (N-methyl/N-ethyl adjacent to an activating group) is 1. The largest absolute Gasteiger partial charge is 0.391 e. The maximum atomic E-state index is 9.81. The van der Waals surface area contributed by atoms with Crippen molar-refractivity contribution in [2.45, 2.75) is 38.3 Å². The van der Waals surface area contributed by atoms with E-state index in [1.807, 2.05) is 0 Å². The van der Waals surface area contributed by atoms with E-state index in [1.54, 1.807) is 0 Å².